The third-order valence-corrected chi connectivity index (χ3v) is 15.7. The molecule has 2 amide bonds. The predicted molar refractivity (Wildman–Crippen MR) is 494 cm³/mol. The number of aromatic amines is 1. The largest absolute Gasteiger partial charge is 0.481 e. The standard InChI is InChI=1S/C15H23N3O4.C9H11NO2.C6H9N3O2.2C6H14N2O2.2C6H13NO2.C5H9NO4.C5H11NO2.2C4H8N2O3.2C3H7NO2.C2H5NO2/c16-8-2-1-3-12(17)15(21)22-11-6-4-10(5-7-11)9-13(18)14(19)20;10-8(9(11)12)6-7-4-2-1-3-5-7;7-5(6(10)11)1-4-2-8-3-9-4;2*7-4-2-1-3-5(8)6(9)10;1-4(2)3-5(7)6(8)9;1-3-4(2)5(7)6(8)9;6-3(5(9)10)1-2-4(7)8;1-3(2)4(6)5(7)8;2*5-2(4(8)9)1-3(6)7;2*1-2(4)3(5)6;3-1-2(4)5/h4-7,12-13H,1-3,8-9,16-18H2,(H,19,20);1-5,8H,6,10H2,(H,11,12);2-3,5H,1,7H2,(H,8,9)(H,10,11);2*5H,1-4,7-8H2,(H,9,10);2*4-5H,3,7H2,1-2H3,(H,8,9);3H,1-2,6H2,(H,7,8)(H,9,10);3-4H,6H2,1-2H3,(H,7,8);2*2H,1,5H2,(H2,6,7)(H,8,9);2*2H,4H2,1H3,(H,5,6);1,3H2,(H,4,5)/t12-,13-;8-;4*5-;4-,5-;3-;4-;4*2-;/m0000000000000./s1. The van der Waals surface area contributed by atoms with E-state index < -0.39 is 192 Å². The predicted octanol–water partition coefficient (Wildman–Crippen LogP) is -6.32. The number of benzene rings is 2. The molecule has 0 fully saturated rings. The number of hydrogen-bond acceptors (Lipinski definition) is 38. The number of carboxylic acid groups (broad SMARTS) is 15. The van der Waals surface area contributed by atoms with E-state index in [0.717, 1.165) is 61.8 Å². The van der Waals surface area contributed by atoms with Gasteiger partial charge in [-0.05, 0) is 139 Å². The zero-order chi connectivity index (χ0) is 109. The minimum Gasteiger partial charge on any atom is -0.481 e. The molecule has 0 saturated carbocycles. The second kappa shape index (κ2) is 91.5. The molecular weight excluding hydrogens is 1810 g/mol. The van der Waals surface area contributed by atoms with Crippen LogP contribution in [0.15, 0.2) is 67.1 Å². The van der Waals surface area contributed by atoms with E-state index in [1.54, 1.807) is 44.3 Å². The topological polar surface area (TPSA) is 1170 Å². The normalized spacial score (nSPS) is 13.1. The summed E-state index contributed by atoms with van der Waals surface area (Å²) in [6.07, 6.45) is 10.9. The van der Waals surface area contributed by atoms with Crippen LogP contribution in [0.2, 0.25) is 0 Å². The van der Waals surface area contributed by atoms with E-state index in [-0.39, 0.29) is 56.9 Å². The van der Waals surface area contributed by atoms with Crippen molar-refractivity contribution in [1.29, 1.82) is 0 Å². The van der Waals surface area contributed by atoms with E-state index in [2.05, 4.69) is 27.2 Å². The number of carboxylic acids is 15. The minimum absolute atomic E-state index is 0.0208. The summed E-state index contributed by atoms with van der Waals surface area (Å²) in [4.78, 5) is 188. The highest BCUT2D eigenvalue weighted by molar-refractivity contribution is 5.84. The van der Waals surface area contributed by atoms with Gasteiger partial charge < -0.3 is 201 Å². The van der Waals surface area contributed by atoms with Gasteiger partial charge in [-0.3, -0.25) is 81.5 Å². The number of imidazole rings is 1. The Bertz CT molecular complexity index is 3710. The number of ether oxygens (including phenoxy) is 1. The van der Waals surface area contributed by atoms with Gasteiger partial charge in [-0.2, -0.15) is 0 Å². The number of unbranched alkanes of at least 4 members (excludes halogenated alkanes) is 3. The van der Waals surface area contributed by atoms with Crippen molar-refractivity contribution in [1.82, 2.24) is 9.97 Å². The number of aliphatic carboxylic acids is 15. The molecule has 0 spiro atoms. The molecule has 0 radical (unpaired) electrons. The fourth-order valence-electron chi connectivity index (χ4n) is 7.19. The monoisotopic (exact) mass is 1970 g/mol. The average Bonchev–Trinajstić information content (AvgIpc) is 0.918. The number of nitrogens with one attached hydrogen (secondary N) is 1. The van der Waals surface area contributed by atoms with Crippen LogP contribution >= 0.6 is 0 Å². The van der Waals surface area contributed by atoms with Gasteiger partial charge in [0.25, 0.3) is 0 Å². The van der Waals surface area contributed by atoms with E-state index >= 15 is 0 Å². The number of H-pyrrole nitrogens is 1. The van der Waals surface area contributed by atoms with Crippen molar-refractivity contribution in [2.45, 2.75) is 256 Å². The Morgan fingerprint density at radius 2 is 0.654 bits per heavy atom. The Morgan fingerprint density at radius 1 is 0.353 bits per heavy atom. The van der Waals surface area contributed by atoms with Crippen LogP contribution in [0.5, 0.6) is 5.75 Å². The van der Waals surface area contributed by atoms with Crippen LogP contribution in [0, 0.1) is 17.8 Å². The highest BCUT2D eigenvalue weighted by Gasteiger charge is 2.22. The lowest BCUT2D eigenvalue weighted by Gasteiger charge is -2.11. The van der Waals surface area contributed by atoms with Gasteiger partial charge >= 0.3 is 95.5 Å². The molecule has 0 aliphatic rings. The van der Waals surface area contributed by atoms with Gasteiger partial charge in [0.1, 0.15) is 90.3 Å². The zero-order valence-corrected chi connectivity index (χ0v) is 77.7. The summed E-state index contributed by atoms with van der Waals surface area (Å²) in [5.41, 5.74) is 104. The van der Waals surface area contributed by atoms with Gasteiger partial charge in [0, 0.05) is 24.7 Å². The molecule has 1 aromatic heterocycles. The van der Waals surface area contributed by atoms with Crippen molar-refractivity contribution in [2.75, 3.05) is 26.2 Å². The molecule has 0 aliphatic heterocycles. The highest BCUT2D eigenvalue weighted by atomic mass is 16.5. The molecule has 136 heavy (non-hydrogen) atoms. The number of carbonyl (C=O) groups excluding carboxylic acids is 3. The molecular formula is C80H152N22O34. The summed E-state index contributed by atoms with van der Waals surface area (Å²) in [7, 11) is 0. The van der Waals surface area contributed by atoms with Gasteiger partial charge in [-0.1, -0.05) is 110 Å². The smallest absolute Gasteiger partial charge is 0.328 e. The maximum Gasteiger partial charge on any atom is 0.328 e. The second-order valence-corrected chi connectivity index (χ2v) is 29.3. The van der Waals surface area contributed by atoms with Gasteiger partial charge in [0.2, 0.25) is 11.8 Å². The molecule has 786 valence electrons. The maximum absolute atomic E-state index is 11.8. The highest BCUT2D eigenvalue weighted by Crippen LogP contribution is 2.15. The molecule has 0 bridgehead atoms. The molecule has 3 rings (SSSR count). The Kier molecular flexibility index (Phi) is 98.5. The third-order valence-electron chi connectivity index (χ3n) is 15.7. The average molecular weight is 1970 g/mol. The molecule has 56 N–H and O–H groups in total. The lowest BCUT2D eigenvalue weighted by atomic mass is 10.0. The first-order chi connectivity index (χ1) is 62.5. The quantitative estimate of drug-likeness (QED) is 0.0142. The van der Waals surface area contributed by atoms with Gasteiger partial charge in [0.15, 0.2) is 0 Å². The number of esters is 1. The molecule has 0 aliphatic carbocycles. The number of carbonyl (C=O) groups is 18. The Morgan fingerprint density at radius 3 is 0.868 bits per heavy atom. The Hall–Kier alpha value is -12.6. The number of aromatic nitrogens is 2. The fourth-order valence-corrected chi connectivity index (χ4v) is 7.19. The fraction of sp³-hybridized carbons (Fsp3) is 0.588. The van der Waals surface area contributed by atoms with Gasteiger partial charge in [0.05, 0.1) is 25.7 Å². The summed E-state index contributed by atoms with van der Waals surface area (Å²) in [5, 5.41) is 123. The van der Waals surface area contributed by atoms with Crippen molar-refractivity contribution in [3.8, 4) is 5.75 Å². The van der Waals surface area contributed by atoms with E-state index in [1.807, 2.05) is 58.0 Å². The molecule has 15 atom stereocenters. The summed E-state index contributed by atoms with van der Waals surface area (Å²) in [6.45, 7) is 15.5. The van der Waals surface area contributed by atoms with Crippen LogP contribution in [0.25, 0.3) is 0 Å². The number of hydrogen-bond donors (Lipinski definition) is 36. The van der Waals surface area contributed by atoms with Crippen LogP contribution in [-0.2, 0) is 106 Å². The summed E-state index contributed by atoms with van der Waals surface area (Å²) >= 11 is 0. The molecule has 0 saturated heterocycles. The van der Waals surface area contributed by atoms with Gasteiger partial charge in [-0.15, -0.1) is 0 Å². The molecule has 56 heteroatoms. The number of rotatable bonds is 46. The SMILES string of the molecule is CC(C)C[C@H](N)C(=O)O.CC(C)[C@H](N)C(=O)O.CC[C@H](C)[C@H](N)C(=O)O.C[C@H](N)C(=O)O.C[C@H](N)C(=O)O.NC(=O)C[C@H](N)C(=O)O.NC(=O)C[C@H](N)C(=O)O.NCC(=O)O.NCCCC[C@H](N)C(=O)O.NCCCC[C@H](N)C(=O)O.NCCCC[C@H](N)C(=O)Oc1ccc(C[C@H](N)C(=O)O)cc1.N[C@@H](CCC(=O)O)C(=O)O.N[C@@H](Cc1ccccc1)C(=O)O.N[C@@H](Cc1cnc[nH]1)C(=O)O. The van der Waals surface area contributed by atoms with Crippen LogP contribution in [-0.4, -0.2) is 305 Å². The molecule has 1 heterocycles. The van der Waals surface area contributed by atoms with Crippen molar-refractivity contribution in [2.24, 2.45) is 132 Å². The number of primary amides is 2. The van der Waals surface area contributed by atoms with Crippen LogP contribution in [0.1, 0.15) is 169 Å². The summed E-state index contributed by atoms with van der Waals surface area (Å²) in [6, 6.07) is 4.21. The zero-order valence-electron chi connectivity index (χ0n) is 77.7. The first kappa shape index (κ1) is 146. The second-order valence-electron chi connectivity index (χ2n) is 29.3. The van der Waals surface area contributed by atoms with Crippen LogP contribution in [0.3, 0.4) is 0 Å². The third kappa shape index (κ3) is 107. The lowest BCUT2D eigenvalue weighted by Crippen LogP contribution is -2.36. The van der Waals surface area contributed by atoms with Crippen molar-refractivity contribution in [3.05, 3.63) is 83.9 Å². The van der Waals surface area contributed by atoms with E-state index in [4.69, 9.17) is 179 Å². The van der Waals surface area contributed by atoms with Crippen LogP contribution in [0.4, 0.5) is 0 Å². The summed E-state index contributed by atoms with van der Waals surface area (Å²) < 4.78 is 5.17. The molecule has 2 aromatic carbocycles. The van der Waals surface area contributed by atoms with Crippen LogP contribution < -0.4 is 119 Å². The van der Waals surface area contributed by atoms with E-state index in [1.165, 1.54) is 20.2 Å². The maximum atomic E-state index is 11.8. The van der Waals surface area contributed by atoms with Gasteiger partial charge in [-0.25, -0.2) is 9.78 Å². The van der Waals surface area contributed by atoms with E-state index in [9.17, 15) is 86.3 Å². The number of amides is 2. The van der Waals surface area contributed by atoms with Crippen molar-refractivity contribution < 1.29 is 168 Å². The molecule has 56 nitrogen and oxygen atoms in total. The Labute approximate surface area is 786 Å². The van der Waals surface area contributed by atoms with E-state index in [0.29, 0.717) is 63.4 Å². The lowest BCUT2D eigenvalue weighted by molar-refractivity contribution is -0.141. The molecule has 3 aromatic rings. The first-order valence-electron chi connectivity index (χ1n) is 41.2. The molecule has 0 unspecified atom stereocenters. The van der Waals surface area contributed by atoms with Crippen molar-refractivity contribution in [3.63, 3.8) is 0 Å². The minimum atomic E-state index is -1.21. The number of nitrogens with zero attached hydrogens (tertiary/aromatic N) is 1. The Balaban J connectivity index is -0.000000140. The van der Waals surface area contributed by atoms with Crippen molar-refractivity contribution >= 4 is 107 Å². The number of nitrogens with two attached hydrogens (primary N) is 20. The first-order valence-corrected chi connectivity index (χ1v) is 41.2. The summed E-state index contributed by atoms with van der Waals surface area (Å²) in [5.74, 6) is -16.2.